The highest BCUT2D eigenvalue weighted by Crippen LogP contribution is 2.27. The molecule has 6 nitrogen and oxygen atoms in total. The van der Waals surface area contributed by atoms with Gasteiger partial charge in [-0.3, -0.25) is 4.72 Å². The van der Waals surface area contributed by atoms with Gasteiger partial charge in [-0.05, 0) is 59.5 Å². The van der Waals surface area contributed by atoms with Gasteiger partial charge in [-0.2, -0.15) is 4.31 Å². The third-order valence-corrected chi connectivity index (χ3v) is 8.23. The van der Waals surface area contributed by atoms with E-state index in [-0.39, 0.29) is 17.2 Å². The minimum atomic E-state index is -3.78. The monoisotopic (exact) mass is 460 g/mol. The normalized spacial score (nSPS) is 14.7. The largest absolute Gasteiger partial charge is 0.283 e. The van der Waals surface area contributed by atoms with E-state index in [4.69, 9.17) is 0 Å². The fraction of sp³-hybridized carbons (Fsp3) is 0.182. The molecule has 0 bridgehead atoms. The van der Waals surface area contributed by atoms with Crippen molar-refractivity contribution in [3.05, 3.63) is 95.3 Å². The number of hydrogen-bond donors (Lipinski definition) is 1. The lowest BCUT2D eigenvalue weighted by atomic mass is 10.0. The molecule has 1 aliphatic rings. The van der Waals surface area contributed by atoms with Crippen molar-refractivity contribution in [1.82, 2.24) is 4.31 Å². The summed E-state index contributed by atoms with van der Waals surface area (Å²) in [5, 5.41) is 0. The molecule has 0 atom stereocenters. The molecule has 0 fully saturated rings. The molecule has 0 aromatic heterocycles. The van der Waals surface area contributed by atoms with E-state index in [1.165, 1.54) is 16.4 Å². The van der Waals surface area contributed by atoms with E-state index >= 15 is 0 Å². The van der Waals surface area contributed by atoms with Crippen LogP contribution in [0.25, 0.3) is 0 Å². The van der Waals surface area contributed by atoms with E-state index in [2.05, 4.69) is 4.72 Å². The Morgan fingerprint density at radius 2 is 1.58 bits per heavy atom. The zero-order chi connectivity index (χ0) is 22.1. The highest BCUT2D eigenvalue weighted by molar-refractivity contribution is 7.91. The van der Waals surface area contributed by atoms with Gasteiger partial charge in [0.2, 0.25) is 20.0 Å². The Balaban J connectivity index is 1.53. The molecule has 4 rings (SSSR count). The number of hydrogen-bond acceptors (Lipinski definition) is 4. The number of halogens is 1. The van der Waals surface area contributed by atoms with Crippen molar-refractivity contribution in [1.29, 1.82) is 0 Å². The summed E-state index contributed by atoms with van der Waals surface area (Å²) >= 11 is 0. The van der Waals surface area contributed by atoms with Gasteiger partial charge in [-0.15, -0.1) is 0 Å². The summed E-state index contributed by atoms with van der Waals surface area (Å²) in [6, 6.07) is 18.7. The molecule has 0 spiro atoms. The van der Waals surface area contributed by atoms with Gasteiger partial charge in [0.1, 0.15) is 5.82 Å². The van der Waals surface area contributed by atoms with E-state index in [9.17, 15) is 21.2 Å². The second-order valence-corrected chi connectivity index (χ2v) is 11.0. The number of fused-ring (bicyclic) bond motifs is 1. The Bertz CT molecular complexity index is 1290. The first kappa shape index (κ1) is 21.5. The van der Waals surface area contributed by atoms with Crippen LogP contribution in [0.4, 0.5) is 10.1 Å². The van der Waals surface area contributed by atoms with Crippen molar-refractivity contribution >= 4 is 25.7 Å². The second-order valence-electron chi connectivity index (χ2n) is 7.37. The lowest BCUT2D eigenvalue weighted by Gasteiger charge is -2.28. The van der Waals surface area contributed by atoms with Crippen LogP contribution in [-0.4, -0.2) is 27.7 Å². The predicted octanol–water partition coefficient (Wildman–Crippen LogP) is 3.51. The van der Waals surface area contributed by atoms with Crippen molar-refractivity contribution in [2.24, 2.45) is 0 Å². The van der Waals surface area contributed by atoms with Crippen molar-refractivity contribution < 1.29 is 21.2 Å². The minimum Gasteiger partial charge on any atom is -0.283 e. The standard InChI is InChI=1S/C22H21FN2O4S2/c23-20-7-10-22(11-8-20)31(28,29)25-13-12-18-6-9-21(14-19(18)15-25)24-30(26,27)16-17-4-2-1-3-5-17/h1-11,14,24H,12-13,15-16H2. The van der Waals surface area contributed by atoms with Crippen LogP contribution in [0, 0.1) is 5.82 Å². The lowest BCUT2D eigenvalue weighted by Crippen LogP contribution is -2.36. The summed E-state index contributed by atoms with van der Waals surface area (Å²) < 4.78 is 67.9. The van der Waals surface area contributed by atoms with Crippen LogP contribution in [0.2, 0.25) is 0 Å². The molecule has 1 aliphatic heterocycles. The molecule has 3 aromatic carbocycles. The third-order valence-electron chi connectivity index (χ3n) is 5.11. The van der Waals surface area contributed by atoms with Crippen LogP contribution in [0.1, 0.15) is 16.7 Å². The number of rotatable bonds is 6. The highest BCUT2D eigenvalue weighted by atomic mass is 32.2. The Hall–Kier alpha value is -2.75. The fourth-order valence-electron chi connectivity index (χ4n) is 3.56. The molecule has 0 saturated heterocycles. The second kappa shape index (κ2) is 8.41. The van der Waals surface area contributed by atoms with E-state index in [0.717, 1.165) is 23.3 Å². The molecule has 0 radical (unpaired) electrons. The summed E-state index contributed by atoms with van der Waals surface area (Å²) in [6.07, 6.45) is 0.507. The summed E-state index contributed by atoms with van der Waals surface area (Å²) in [5.41, 5.74) is 2.76. The minimum absolute atomic E-state index is 0.0251. The summed E-state index contributed by atoms with van der Waals surface area (Å²) in [7, 11) is -7.40. The highest BCUT2D eigenvalue weighted by Gasteiger charge is 2.28. The number of benzene rings is 3. The molecule has 3 aromatic rings. The van der Waals surface area contributed by atoms with Crippen LogP contribution in [0.15, 0.2) is 77.7 Å². The lowest BCUT2D eigenvalue weighted by molar-refractivity contribution is 0.391. The molecule has 1 heterocycles. The molecule has 0 amide bonds. The molecule has 31 heavy (non-hydrogen) atoms. The van der Waals surface area contributed by atoms with Crippen molar-refractivity contribution in [2.75, 3.05) is 11.3 Å². The van der Waals surface area contributed by atoms with E-state index in [1.54, 1.807) is 36.4 Å². The zero-order valence-corrected chi connectivity index (χ0v) is 18.2. The topological polar surface area (TPSA) is 83.6 Å². The molecule has 1 N–H and O–H groups in total. The van der Waals surface area contributed by atoms with Gasteiger partial charge >= 0.3 is 0 Å². The molecular weight excluding hydrogens is 439 g/mol. The number of nitrogens with zero attached hydrogens (tertiary/aromatic N) is 1. The molecular formula is C22H21FN2O4S2. The van der Waals surface area contributed by atoms with Crippen molar-refractivity contribution in [2.45, 2.75) is 23.6 Å². The van der Waals surface area contributed by atoms with Gasteiger partial charge in [-0.1, -0.05) is 36.4 Å². The maximum atomic E-state index is 13.2. The van der Waals surface area contributed by atoms with Crippen molar-refractivity contribution in [3.8, 4) is 0 Å². The molecule has 162 valence electrons. The van der Waals surface area contributed by atoms with Gasteiger partial charge in [0, 0.05) is 18.8 Å². The smallest absolute Gasteiger partial charge is 0.243 e. The van der Waals surface area contributed by atoms with Gasteiger partial charge in [-0.25, -0.2) is 21.2 Å². The first-order valence-electron chi connectivity index (χ1n) is 9.65. The fourth-order valence-corrected chi connectivity index (χ4v) is 6.17. The Morgan fingerprint density at radius 1 is 0.871 bits per heavy atom. The first-order chi connectivity index (χ1) is 14.7. The average molecular weight is 461 g/mol. The predicted molar refractivity (Wildman–Crippen MR) is 117 cm³/mol. The van der Waals surface area contributed by atoms with Crippen molar-refractivity contribution in [3.63, 3.8) is 0 Å². The van der Waals surface area contributed by atoms with Gasteiger partial charge in [0.15, 0.2) is 0 Å². The van der Waals surface area contributed by atoms with E-state index < -0.39 is 25.9 Å². The van der Waals surface area contributed by atoms with Gasteiger partial charge in [0.25, 0.3) is 0 Å². The summed E-state index contributed by atoms with van der Waals surface area (Å²) in [6.45, 7) is 0.412. The first-order valence-corrected chi connectivity index (χ1v) is 12.7. The summed E-state index contributed by atoms with van der Waals surface area (Å²) in [5.74, 6) is -0.661. The quantitative estimate of drug-likeness (QED) is 0.610. The number of nitrogens with one attached hydrogen (secondary N) is 1. The van der Waals surface area contributed by atoms with Gasteiger partial charge < -0.3 is 0 Å². The van der Waals surface area contributed by atoms with Crippen LogP contribution in [0.5, 0.6) is 0 Å². The third kappa shape index (κ3) is 4.95. The number of anilines is 1. The van der Waals surface area contributed by atoms with Gasteiger partial charge in [0.05, 0.1) is 10.6 Å². The SMILES string of the molecule is O=S(=O)(Cc1ccccc1)Nc1ccc2c(c1)CN(S(=O)(=O)c1ccc(F)cc1)CC2. The molecule has 0 aliphatic carbocycles. The average Bonchev–Trinajstić information content (AvgIpc) is 2.73. The van der Waals surface area contributed by atoms with Crippen LogP contribution in [-0.2, 0) is 38.8 Å². The van der Waals surface area contributed by atoms with E-state index in [1.807, 2.05) is 12.1 Å². The van der Waals surface area contributed by atoms with Crippen LogP contribution >= 0.6 is 0 Å². The maximum Gasteiger partial charge on any atom is 0.243 e. The molecule has 9 heteroatoms. The maximum absolute atomic E-state index is 13.2. The van der Waals surface area contributed by atoms with E-state index in [0.29, 0.717) is 24.2 Å². The Labute approximate surface area is 181 Å². The number of sulfonamides is 2. The Kier molecular flexibility index (Phi) is 5.83. The molecule has 0 unspecified atom stereocenters. The summed E-state index contributed by atoms with van der Waals surface area (Å²) in [4.78, 5) is 0.0251. The zero-order valence-electron chi connectivity index (χ0n) is 16.5. The van der Waals surface area contributed by atoms with Crippen LogP contribution in [0.3, 0.4) is 0 Å². The van der Waals surface area contributed by atoms with Crippen LogP contribution < -0.4 is 4.72 Å². The Morgan fingerprint density at radius 3 is 2.29 bits per heavy atom. The molecule has 0 saturated carbocycles.